The number of esters is 1. The standard InChI is InChI=1S/C51H59FN8O21S/c1-3-51(73)27-17-33-40-25(19-60(33)46(68)26(27)21-77-49(51)71)39-30(7-5-24-22(2)28(52)18-32(58-40)38(24)39)59-50(72)78-20-23-4-8-34(80-48-43(66)41(64)42(65)44(81-48)47(69)70)31(16-23)57-37(63)11-12-54-35(61)9-6-29(53)45(67)56-13-10-36(62)55-14-15-79-82(74,75)76/h4,8,16-18,29-30,41-44,48,64-66,73H,3,5-7,9-15,19-21,53H2,1-2H3,(H,54,61)(H,55,62)(H,56,67)(H,57,63)(H,59,72)(H,69,70)(H,74,75,76)/t29-,30-,41-,42-,43+,44-,48+,51-/m0/s1. The van der Waals surface area contributed by atoms with Crippen LogP contribution >= 0.6 is 0 Å². The number of aromatic nitrogens is 2. The minimum absolute atomic E-state index is 0.0276. The second-order valence-corrected chi connectivity index (χ2v) is 20.8. The average molecular weight is 1170 g/mol. The first-order valence-corrected chi connectivity index (χ1v) is 27.1. The maximum Gasteiger partial charge on any atom is 0.407 e. The summed E-state index contributed by atoms with van der Waals surface area (Å²) in [5, 5.41) is 65.7. The molecule has 442 valence electrons. The Bertz CT molecular complexity index is 3420. The number of carboxylic acids is 1. The topological polar surface area (TPSA) is 442 Å². The van der Waals surface area contributed by atoms with E-state index in [4.69, 9.17) is 34.2 Å². The van der Waals surface area contributed by atoms with E-state index in [0.29, 0.717) is 34.1 Å². The van der Waals surface area contributed by atoms with Crippen LogP contribution in [-0.4, -0.2) is 153 Å². The Morgan fingerprint density at radius 2 is 1.65 bits per heavy atom. The molecule has 1 aliphatic carbocycles. The van der Waals surface area contributed by atoms with Crippen molar-refractivity contribution in [1.82, 2.24) is 30.8 Å². The highest BCUT2D eigenvalue weighted by molar-refractivity contribution is 7.80. The molecule has 13 N–H and O–H groups in total. The molecule has 82 heavy (non-hydrogen) atoms. The number of benzene rings is 2. The number of rotatable bonds is 22. The van der Waals surface area contributed by atoms with Crippen molar-refractivity contribution in [1.29, 1.82) is 0 Å². The Morgan fingerprint density at radius 1 is 0.939 bits per heavy atom. The summed E-state index contributed by atoms with van der Waals surface area (Å²) in [6.07, 6.45) is -11.5. The molecule has 2 aromatic heterocycles. The summed E-state index contributed by atoms with van der Waals surface area (Å²) in [5.41, 5.74) is 6.38. The fourth-order valence-electron chi connectivity index (χ4n) is 10.1. The lowest BCUT2D eigenvalue weighted by atomic mass is 9.81. The number of carbonyl (C=O) groups excluding carboxylic acids is 6. The Kier molecular flexibility index (Phi) is 18.2. The van der Waals surface area contributed by atoms with Crippen LogP contribution in [-0.2, 0) is 89.3 Å². The first-order valence-electron chi connectivity index (χ1n) is 25.7. The van der Waals surface area contributed by atoms with Crippen LogP contribution in [0.5, 0.6) is 5.75 Å². The average Bonchev–Trinajstić information content (AvgIpc) is 2.04. The van der Waals surface area contributed by atoms with Gasteiger partial charge in [-0.15, -0.1) is 0 Å². The summed E-state index contributed by atoms with van der Waals surface area (Å²) in [6.45, 7) is 1.17. The molecule has 8 rings (SSSR count). The Hall–Kier alpha value is -7.75. The van der Waals surface area contributed by atoms with Gasteiger partial charge in [0.15, 0.2) is 11.7 Å². The van der Waals surface area contributed by atoms with Crippen LogP contribution in [0.25, 0.3) is 22.3 Å². The van der Waals surface area contributed by atoms with Crippen LogP contribution in [0, 0.1) is 12.7 Å². The van der Waals surface area contributed by atoms with E-state index < -0.39 is 125 Å². The van der Waals surface area contributed by atoms with Crippen LogP contribution in [0.1, 0.15) is 90.4 Å². The van der Waals surface area contributed by atoms with E-state index in [2.05, 4.69) is 30.8 Å². The first kappa shape index (κ1) is 60.3. The van der Waals surface area contributed by atoms with Crippen molar-refractivity contribution in [3.63, 3.8) is 0 Å². The quantitative estimate of drug-likeness (QED) is 0.0218. The zero-order valence-corrected chi connectivity index (χ0v) is 44.7. The Labute approximate surface area is 464 Å². The lowest BCUT2D eigenvalue weighted by Gasteiger charge is -2.38. The van der Waals surface area contributed by atoms with Crippen molar-refractivity contribution in [2.24, 2.45) is 5.73 Å². The van der Waals surface area contributed by atoms with Gasteiger partial charge in [0.1, 0.15) is 43.1 Å². The number of alkyl carbamates (subject to hydrolysis) is 1. The monoisotopic (exact) mass is 1170 g/mol. The molecule has 0 unspecified atom stereocenters. The SMILES string of the molecule is CC[C@@]1(O)C(=O)OCc2c1cc1n(c2=O)Cc2c-1nc1cc(F)c(C)c3c1c2[C@@H](NC(=O)OCc1ccc(O[C@@H]2O[C@H](C(=O)O)[C@@H](O)[C@H](O)[C@H]2O)c(NC(=O)CCNC(=O)CC[C@H](N)C(=O)NCCC(=O)NCCOS(=O)(=O)O)c1)CC3. The van der Waals surface area contributed by atoms with Crippen molar-refractivity contribution in [2.75, 3.05) is 31.6 Å². The van der Waals surface area contributed by atoms with Gasteiger partial charge in [-0.25, -0.2) is 27.9 Å². The number of aryl methyl sites for hydroxylation is 1. The molecule has 8 atom stereocenters. The van der Waals surface area contributed by atoms with Gasteiger partial charge in [0, 0.05) is 61.5 Å². The zero-order chi connectivity index (χ0) is 59.5. The molecule has 2 aromatic carbocycles. The zero-order valence-electron chi connectivity index (χ0n) is 43.9. The normalized spacial score (nSPS) is 21.9. The number of hydrogen-bond donors (Lipinski definition) is 12. The Balaban J connectivity index is 0.930. The maximum absolute atomic E-state index is 15.5. The van der Waals surface area contributed by atoms with Crippen molar-refractivity contribution < 1.29 is 99.6 Å². The minimum Gasteiger partial charge on any atom is -0.479 e. The molecular formula is C51H59FN8O21S. The number of fused-ring (bicyclic) bond motifs is 5. The maximum atomic E-state index is 15.5. The number of halogens is 1. The van der Waals surface area contributed by atoms with Gasteiger partial charge in [-0.2, -0.15) is 8.42 Å². The van der Waals surface area contributed by atoms with E-state index in [-0.39, 0.29) is 116 Å². The molecule has 0 spiro atoms. The number of nitrogens with one attached hydrogen (secondary N) is 5. The molecule has 0 bridgehead atoms. The number of aliphatic hydroxyl groups excluding tert-OH is 3. The molecule has 29 nitrogen and oxygen atoms in total. The molecule has 1 saturated heterocycles. The van der Waals surface area contributed by atoms with Crippen molar-refractivity contribution >= 4 is 68.6 Å². The summed E-state index contributed by atoms with van der Waals surface area (Å²) in [4.78, 5) is 108. The Morgan fingerprint density at radius 3 is 2.37 bits per heavy atom. The number of carboxylic acid groups (broad SMARTS) is 1. The van der Waals surface area contributed by atoms with Crippen molar-refractivity contribution in [2.45, 2.75) is 127 Å². The molecule has 0 saturated carbocycles. The van der Waals surface area contributed by atoms with Gasteiger partial charge >= 0.3 is 28.4 Å². The first-order chi connectivity index (χ1) is 38.8. The van der Waals surface area contributed by atoms with Crippen LogP contribution in [0.4, 0.5) is 14.9 Å². The molecule has 4 aromatic rings. The minimum atomic E-state index is -4.67. The van der Waals surface area contributed by atoms with E-state index in [9.17, 15) is 72.3 Å². The predicted molar refractivity (Wildman–Crippen MR) is 277 cm³/mol. The molecule has 31 heteroatoms. The molecule has 5 heterocycles. The number of hydrogen-bond acceptors (Lipinski definition) is 21. The number of amides is 5. The summed E-state index contributed by atoms with van der Waals surface area (Å²) < 4.78 is 72.6. The van der Waals surface area contributed by atoms with Gasteiger partial charge in [0.2, 0.25) is 29.9 Å². The summed E-state index contributed by atoms with van der Waals surface area (Å²) in [7, 11) is -4.67. The molecule has 0 radical (unpaired) electrons. The van der Waals surface area contributed by atoms with Crippen LogP contribution in [0.15, 0.2) is 35.1 Å². The fraction of sp³-hybridized carbons (Fsp3) is 0.471. The van der Waals surface area contributed by atoms with Gasteiger partial charge in [0.25, 0.3) is 5.56 Å². The second-order valence-electron chi connectivity index (χ2n) is 19.7. The third-order valence-electron chi connectivity index (χ3n) is 14.4. The van der Waals surface area contributed by atoms with Crippen LogP contribution in [0.2, 0.25) is 0 Å². The van der Waals surface area contributed by atoms with Gasteiger partial charge in [-0.05, 0) is 73.1 Å². The number of anilines is 1. The number of pyridine rings is 2. The van der Waals surface area contributed by atoms with E-state index >= 15 is 4.39 Å². The molecule has 5 amide bonds. The smallest absolute Gasteiger partial charge is 0.407 e. The van der Waals surface area contributed by atoms with Gasteiger partial charge in [0.05, 0.1) is 53.4 Å². The number of aliphatic hydroxyl groups is 4. The highest BCUT2D eigenvalue weighted by Gasteiger charge is 2.49. The van der Waals surface area contributed by atoms with Gasteiger partial charge < -0.3 is 81.4 Å². The van der Waals surface area contributed by atoms with E-state index in [1.165, 1.54) is 34.9 Å². The summed E-state index contributed by atoms with van der Waals surface area (Å²) >= 11 is 0. The summed E-state index contributed by atoms with van der Waals surface area (Å²) in [6, 6.07) is 4.75. The molecule has 4 aliphatic rings. The van der Waals surface area contributed by atoms with E-state index in [1.54, 1.807) is 13.8 Å². The van der Waals surface area contributed by atoms with Crippen molar-refractivity contribution in [3.05, 3.63) is 85.4 Å². The lowest BCUT2D eigenvalue weighted by molar-refractivity contribution is -0.271. The fourth-order valence-corrected chi connectivity index (χ4v) is 10.4. The van der Waals surface area contributed by atoms with Gasteiger partial charge in [-0.3, -0.25) is 28.5 Å². The number of aliphatic carboxylic acids is 1. The largest absolute Gasteiger partial charge is 0.479 e. The number of ether oxygens (including phenoxy) is 4. The van der Waals surface area contributed by atoms with Gasteiger partial charge in [-0.1, -0.05) is 13.0 Å². The third-order valence-corrected chi connectivity index (χ3v) is 14.9. The van der Waals surface area contributed by atoms with Crippen molar-refractivity contribution in [3.8, 4) is 17.1 Å². The number of nitrogens with two attached hydrogens (primary N) is 1. The lowest BCUT2D eigenvalue weighted by Crippen LogP contribution is -2.61. The van der Waals surface area contributed by atoms with E-state index in [1.807, 2.05) is 0 Å². The number of nitrogens with zero attached hydrogens (tertiary/aromatic N) is 2. The second kappa shape index (κ2) is 24.8. The number of carbonyl (C=O) groups is 7. The number of cyclic esters (lactones) is 1. The van der Waals surface area contributed by atoms with Crippen LogP contribution < -0.4 is 42.6 Å². The van der Waals surface area contributed by atoms with E-state index in [0.717, 1.165) is 0 Å². The molecule has 3 aliphatic heterocycles. The van der Waals surface area contributed by atoms with Crippen LogP contribution in [0.3, 0.4) is 0 Å². The highest BCUT2D eigenvalue weighted by atomic mass is 32.3. The third kappa shape index (κ3) is 13.0. The summed E-state index contributed by atoms with van der Waals surface area (Å²) in [5.74, 6) is -5.99. The predicted octanol–water partition coefficient (Wildman–Crippen LogP) is -1.29. The molecule has 1 fully saturated rings. The highest BCUT2D eigenvalue weighted by Crippen LogP contribution is 2.46. The molecular weight excluding hydrogens is 1110 g/mol.